The second-order valence-corrected chi connectivity index (χ2v) is 6.93. The summed E-state index contributed by atoms with van der Waals surface area (Å²) in [6, 6.07) is 18.5. The number of hydrogen-bond donors (Lipinski definition) is 1. The molecule has 0 aliphatic carbocycles. The Labute approximate surface area is 169 Å². The van der Waals surface area contributed by atoms with E-state index in [1.54, 1.807) is 11.0 Å². The Morgan fingerprint density at radius 3 is 2.34 bits per heavy atom. The maximum atomic E-state index is 13.1. The topological polar surface area (TPSA) is 83.9 Å². The fourth-order valence-corrected chi connectivity index (χ4v) is 3.33. The largest absolute Gasteiger partial charge is 0.481 e. The smallest absolute Gasteiger partial charge is 0.307 e. The lowest BCUT2D eigenvalue weighted by Crippen LogP contribution is -2.36. The minimum absolute atomic E-state index is 0.127. The fraction of sp³-hybridized carbons (Fsp3) is 0.261. The van der Waals surface area contributed by atoms with Crippen LogP contribution >= 0.6 is 0 Å². The normalized spacial score (nSPS) is 16.7. The molecule has 0 fully saturated rings. The number of carbonyl (C=O) groups is 3. The Morgan fingerprint density at radius 2 is 1.69 bits per heavy atom. The van der Waals surface area contributed by atoms with Crippen LogP contribution in [0.1, 0.15) is 24.8 Å². The number of para-hydroxylation sites is 1. The molecule has 6 nitrogen and oxygen atoms in total. The first-order valence-electron chi connectivity index (χ1n) is 9.50. The first kappa shape index (κ1) is 20.3. The Morgan fingerprint density at radius 1 is 1.03 bits per heavy atom. The summed E-state index contributed by atoms with van der Waals surface area (Å²) >= 11 is 0. The van der Waals surface area contributed by atoms with Gasteiger partial charge in [0.2, 0.25) is 5.91 Å². The molecule has 0 saturated carbocycles. The van der Waals surface area contributed by atoms with E-state index in [2.05, 4.69) is 0 Å². The molecule has 0 aromatic heterocycles. The molecule has 2 aromatic rings. The summed E-state index contributed by atoms with van der Waals surface area (Å²) in [7, 11) is 0. The zero-order chi connectivity index (χ0) is 20.6. The fourth-order valence-electron chi connectivity index (χ4n) is 3.33. The van der Waals surface area contributed by atoms with Crippen molar-refractivity contribution in [3.8, 4) is 0 Å². The summed E-state index contributed by atoms with van der Waals surface area (Å²) in [6.07, 6.45) is 1.80. The van der Waals surface area contributed by atoms with Gasteiger partial charge in [0.05, 0.1) is 18.8 Å². The summed E-state index contributed by atoms with van der Waals surface area (Å²) in [5.41, 5.74) is 2.23. The van der Waals surface area contributed by atoms with Gasteiger partial charge in [-0.25, -0.2) is 0 Å². The summed E-state index contributed by atoms with van der Waals surface area (Å²) in [6.45, 7) is 0.506. The van der Waals surface area contributed by atoms with E-state index < -0.39 is 17.9 Å². The van der Waals surface area contributed by atoms with Crippen molar-refractivity contribution in [1.29, 1.82) is 0 Å². The number of aliphatic carboxylic acids is 1. The van der Waals surface area contributed by atoms with E-state index in [0.29, 0.717) is 18.5 Å². The quantitative estimate of drug-likeness (QED) is 0.574. The Balaban J connectivity index is 1.74. The molecule has 1 aliphatic rings. The molecule has 1 unspecified atom stereocenters. The van der Waals surface area contributed by atoms with Gasteiger partial charge < -0.3 is 14.7 Å². The summed E-state index contributed by atoms with van der Waals surface area (Å²) < 4.78 is 5.32. The van der Waals surface area contributed by atoms with Gasteiger partial charge in [-0.05, 0) is 24.1 Å². The minimum Gasteiger partial charge on any atom is -0.481 e. The third-order valence-electron chi connectivity index (χ3n) is 4.75. The van der Waals surface area contributed by atoms with Gasteiger partial charge in [-0.1, -0.05) is 60.2 Å². The molecule has 0 bridgehead atoms. The number of hydrogen-bond acceptors (Lipinski definition) is 4. The van der Waals surface area contributed by atoms with Gasteiger partial charge in [0.25, 0.3) is 0 Å². The van der Waals surface area contributed by atoms with Crippen molar-refractivity contribution < 1.29 is 24.2 Å². The van der Waals surface area contributed by atoms with Crippen molar-refractivity contribution in [1.82, 2.24) is 0 Å². The number of carbonyl (C=O) groups excluding carboxylic acids is 2. The molecule has 0 saturated heterocycles. The highest BCUT2D eigenvalue weighted by Gasteiger charge is 2.30. The molecule has 150 valence electrons. The van der Waals surface area contributed by atoms with Crippen LogP contribution in [-0.2, 0) is 25.7 Å². The molecule has 1 N–H and O–H groups in total. The van der Waals surface area contributed by atoms with Crippen LogP contribution in [-0.4, -0.2) is 29.5 Å². The third kappa shape index (κ3) is 5.78. The van der Waals surface area contributed by atoms with Crippen molar-refractivity contribution >= 4 is 23.5 Å². The van der Waals surface area contributed by atoms with Gasteiger partial charge in [0.1, 0.15) is 6.61 Å². The van der Waals surface area contributed by atoms with Gasteiger partial charge in [0, 0.05) is 12.2 Å². The minimum atomic E-state index is -0.956. The van der Waals surface area contributed by atoms with Crippen LogP contribution in [0.3, 0.4) is 0 Å². The van der Waals surface area contributed by atoms with Crippen molar-refractivity contribution in [2.75, 3.05) is 11.4 Å². The number of ether oxygens (including phenoxy) is 1. The Kier molecular flexibility index (Phi) is 6.79. The van der Waals surface area contributed by atoms with Crippen molar-refractivity contribution in [3.05, 3.63) is 77.9 Å². The first-order valence-corrected chi connectivity index (χ1v) is 9.50. The van der Waals surface area contributed by atoms with E-state index in [0.717, 1.165) is 11.3 Å². The van der Waals surface area contributed by atoms with Crippen LogP contribution in [0.2, 0.25) is 0 Å². The predicted octanol–water partition coefficient (Wildman–Crippen LogP) is 3.57. The van der Waals surface area contributed by atoms with Crippen LogP contribution in [0.25, 0.3) is 0 Å². The molecule has 1 heterocycles. The first-order chi connectivity index (χ1) is 14.0. The summed E-state index contributed by atoms with van der Waals surface area (Å²) in [4.78, 5) is 38.3. The summed E-state index contributed by atoms with van der Waals surface area (Å²) in [5.74, 6) is -2.43. The van der Waals surface area contributed by atoms with Gasteiger partial charge in [-0.2, -0.15) is 0 Å². The van der Waals surface area contributed by atoms with E-state index in [1.807, 2.05) is 60.7 Å². The SMILES string of the molecule is O=C(O)CC1=CC(CC(=O)OCc2ccccc2)C(=O)N(c2ccccc2)CC1. The molecule has 1 aliphatic heterocycles. The van der Waals surface area contributed by atoms with Crippen molar-refractivity contribution in [2.24, 2.45) is 5.92 Å². The number of nitrogens with zero attached hydrogens (tertiary/aromatic N) is 1. The van der Waals surface area contributed by atoms with E-state index in [9.17, 15) is 14.4 Å². The molecule has 1 amide bonds. The highest BCUT2D eigenvalue weighted by atomic mass is 16.5. The molecule has 3 rings (SSSR count). The van der Waals surface area contributed by atoms with Crippen LogP contribution < -0.4 is 4.90 Å². The molecular weight excluding hydrogens is 370 g/mol. The number of anilines is 1. The highest BCUT2D eigenvalue weighted by Crippen LogP contribution is 2.26. The van der Waals surface area contributed by atoms with Crippen LogP contribution in [0.4, 0.5) is 5.69 Å². The highest BCUT2D eigenvalue weighted by molar-refractivity contribution is 5.98. The second kappa shape index (κ2) is 9.68. The monoisotopic (exact) mass is 393 g/mol. The Bertz CT molecular complexity index is 892. The molecule has 2 aromatic carbocycles. The van der Waals surface area contributed by atoms with Gasteiger partial charge in [0.15, 0.2) is 0 Å². The van der Waals surface area contributed by atoms with E-state index in [1.165, 1.54) is 0 Å². The number of carboxylic acids is 1. The van der Waals surface area contributed by atoms with E-state index in [4.69, 9.17) is 9.84 Å². The van der Waals surface area contributed by atoms with Crippen LogP contribution in [0.5, 0.6) is 0 Å². The Hall–Kier alpha value is -3.41. The van der Waals surface area contributed by atoms with Crippen LogP contribution in [0.15, 0.2) is 72.3 Å². The zero-order valence-electron chi connectivity index (χ0n) is 16.0. The molecule has 0 radical (unpaired) electrons. The molecule has 6 heteroatoms. The standard InChI is InChI=1S/C23H23NO5/c25-21(26)14-18-11-12-24(20-9-5-2-6-10-20)23(28)19(13-18)15-22(27)29-16-17-7-3-1-4-8-17/h1-10,13,19H,11-12,14-16H2,(H,25,26). The maximum Gasteiger partial charge on any atom is 0.307 e. The molecule has 1 atom stereocenters. The lowest BCUT2D eigenvalue weighted by Gasteiger charge is -2.24. The lowest BCUT2D eigenvalue weighted by molar-refractivity contribution is -0.147. The average molecular weight is 393 g/mol. The van der Waals surface area contributed by atoms with Crippen LogP contribution in [0, 0.1) is 5.92 Å². The number of amides is 1. The average Bonchev–Trinajstić information content (AvgIpc) is 2.86. The predicted molar refractivity (Wildman–Crippen MR) is 108 cm³/mol. The van der Waals surface area contributed by atoms with Crippen molar-refractivity contribution in [3.63, 3.8) is 0 Å². The van der Waals surface area contributed by atoms with Gasteiger partial charge in [-0.3, -0.25) is 14.4 Å². The lowest BCUT2D eigenvalue weighted by atomic mass is 9.99. The van der Waals surface area contributed by atoms with Gasteiger partial charge >= 0.3 is 11.9 Å². The van der Waals surface area contributed by atoms with Gasteiger partial charge in [-0.15, -0.1) is 0 Å². The third-order valence-corrected chi connectivity index (χ3v) is 4.75. The number of benzene rings is 2. The maximum absolute atomic E-state index is 13.1. The number of esters is 1. The zero-order valence-corrected chi connectivity index (χ0v) is 16.0. The summed E-state index contributed by atoms with van der Waals surface area (Å²) in [5, 5.41) is 9.15. The second-order valence-electron chi connectivity index (χ2n) is 6.93. The molecular formula is C23H23NO5. The van der Waals surface area contributed by atoms with E-state index >= 15 is 0 Å². The number of rotatable bonds is 7. The van der Waals surface area contributed by atoms with E-state index in [-0.39, 0.29) is 25.4 Å². The molecule has 29 heavy (non-hydrogen) atoms. The number of carboxylic acid groups (broad SMARTS) is 1. The molecule has 0 spiro atoms. The van der Waals surface area contributed by atoms with Crippen molar-refractivity contribution in [2.45, 2.75) is 25.9 Å².